The van der Waals surface area contributed by atoms with E-state index in [1.165, 1.54) is 0 Å². The molecule has 1 aliphatic rings. The van der Waals surface area contributed by atoms with E-state index in [0.29, 0.717) is 22.9 Å². The number of Topliss-reactive ketones (excluding diaryl/α,β-unsaturated/α-hetero) is 1. The van der Waals surface area contributed by atoms with Crippen LogP contribution < -0.4 is 16.0 Å². The molecule has 20 heavy (non-hydrogen) atoms. The molecule has 1 amide bonds. The van der Waals surface area contributed by atoms with E-state index in [2.05, 4.69) is 22.5 Å². The number of ketones is 1. The standard InChI is InChI=1S/C14H15N3O2S/c1-2-7-15-14(20)16-8-10-12(18)9-5-3-4-6-11(9)17-13(10)19/h2-6,10H,1,7-8H2,(H,17,19)(H2,15,16,20)/t10-/m1/s1. The van der Waals surface area contributed by atoms with Crippen molar-refractivity contribution in [3.8, 4) is 0 Å². The predicted molar refractivity (Wildman–Crippen MR) is 81.7 cm³/mol. The SMILES string of the molecule is C=CCNC(=S)NC[C@H]1C(=O)Nc2ccccc2C1=O. The summed E-state index contributed by atoms with van der Waals surface area (Å²) in [6.07, 6.45) is 1.67. The molecule has 1 heterocycles. The van der Waals surface area contributed by atoms with Crippen LogP contribution in [0.2, 0.25) is 0 Å². The van der Waals surface area contributed by atoms with Crippen LogP contribution in [0, 0.1) is 5.92 Å². The smallest absolute Gasteiger partial charge is 0.237 e. The van der Waals surface area contributed by atoms with Gasteiger partial charge in [0.2, 0.25) is 5.91 Å². The molecule has 0 aliphatic carbocycles. The molecule has 0 saturated heterocycles. The van der Waals surface area contributed by atoms with E-state index in [1.807, 2.05) is 0 Å². The fourth-order valence-electron chi connectivity index (χ4n) is 1.94. The number of amides is 1. The third kappa shape index (κ3) is 3.03. The second-order valence-corrected chi connectivity index (χ2v) is 4.74. The molecule has 1 aromatic rings. The zero-order valence-electron chi connectivity index (χ0n) is 10.8. The van der Waals surface area contributed by atoms with Gasteiger partial charge in [0.15, 0.2) is 10.9 Å². The van der Waals surface area contributed by atoms with Gasteiger partial charge in [0.1, 0.15) is 5.92 Å². The highest BCUT2D eigenvalue weighted by atomic mass is 32.1. The van der Waals surface area contributed by atoms with Crippen molar-refractivity contribution in [2.75, 3.05) is 18.4 Å². The highest BCUT2D eigenvalue weighted by Gasteiger charge is 2.33. The first kappa shape index (κ1) is 14.2. The predicted octanol–water partition coefficient (Wildman–Crippen LogP) is 1.09. The summed E-state index contributed by atoms with van der Waals surface area (Å²) in [6.45, 7) is 4.26. The summed E-state index contributed by atoms with van der Waals surface area (Å²) >= 11 is 5.03. The van der Waals surface area contributed by atoms with Crippen molar-refractivity contribution in [2.45, 2.75) is 0 Å². The molecule has 6 heteroatoms. The molecule has 5 nitrogen and oxygen atoms in total. The van der Waals surface area contributed by atoms with Gasteiger partial charge in [-0.2, -0.15) is 0 Å². The van der Waals surface area contributed by atoms with Gasteiger partial charge in [0.25, 0.3) is 0 Å². The summed E-state index contributed by atoms with van der Waals surface area (Å²) in [4.78, 5) is 24.2. The maximum atomic E-state index is 12.3. The van der Waals surface area contributed by atoms with Crippen LogP contribution in [0.4, 0.5) is 5.69 Å². The number of fused-ring (bicyclic) bond motifs is 1. The molecule has 1 atom stereocenters. The van der Waals surface area contributed by atoms with Gasteiger partial charge in [-0.3, -0.25) is 9.59 Å². The first-order valence-electron chi connectivity index (χ1n) is 6.20. The average molecular weight is 289 g/mol. The number of carbonyl (C=O) groups is 2. The summed E-state index contributed by atoms with van der Waals surface area (Å²) in [5.41, 5.74) is 1.09. The molecule has 0 unspecified atom stereocenters. The zero-order chi connectivity index (χ0) is 14.5. The van der Waals surface area contributed by atoms with E-state index in [-0.39, 0.29) is 18.2 Å². The number of thiocarbonyl (C=S) groups is 1. The Labute approximate surface area is 122 Å². The molecule has 2 rings (SSSR count). The van der Waals surface area contributed by atoms with Crippen LogP contribution >= 0.6 is 12.2 Å². The quantitative estimate of drug-likeness (QED) is 0.440. The number of hydrogen-bond donors (Lipinski definition) is 3. The molecule has 0 spiro atoms. The number of carbonyl (C=O) groups excluding carboxylic acids is 2. The first-order valence-corrected chi connectivity index (χ1v) is 6.61. The van der Waals surface area contributed by atoms with Crippen molar-refractivity contribution in [3.63, 3.8) is 0 Å². The van der Waals surface area contributed by atoms with Crippen LogP contribution in [0.15, 0.2) is 36.9 Å². The van der Waals surface area contributed by atoms with E-state index in [0.717, 1.165) is 0 Å². The van der Waals surface area contributed by atoms with Crippen LogP contribution in [-0.2, 0) is 4.79 Å². The Bertz CT molecular complexity index is 571. The van der Waals surface area contributed by atoms with E-state index >= 15 is 0 Å². The number of hydrogen-bond acceptors (Lipinski definition) is 3. The molecule has 0 radical (unpaired) electrons. The summed E-state index contributed by atoms with van der Waals surface area (Å²) < 4.78 is 0. The number of anilines is 1. The minimum Gasteiger partial charge on any atom is -0.361 e. The molecule has 3 N–H and O–H groups in total. The van der Waals surface area contributed by atoms with Gasteiger partial charge >= 0.3 is 0 Å². The minimum atomic E-state index is -0.770. The Morgan fingerprint density at radius 1 is 1.35 bits per heavy atom. The molecule has 0 saturated carbocycles. The minimum absolute atomic E-state index is 0.169. The van der Waals surface area contributed by atoms with Crippen LogP contribution in [0.3, 0.4) is 0 Å². The van der Waals surface area contributed by atoms with E-state index in [4.69, 9.17) is 12.2 Å². The fraction of sp³-hybridized carbons (Fsp3) is 0.214. The van der Waals surface area contributed by atoms with Crippen molar-refractivity contribution in [2.24, 2.45) is 5.92 Å². The normalized spacial score (nSPS) is 16.9. The van der Waals surface area contributed by atoms with Gasteiger partial charge in [0, 0.05) is 18.7 Å². The third-order valence-electron chi connectivity index (χ3n) is 2.96. The van der Waals surface area contributed by atoms with Crippen LogP contribution in [0.25, 0.3) is 0 Å². The van der Waals surface area contributed by atoms with E-state index in [1.54, 1.807) is 30.3 Å². The molecular weight excluding hydrogens is 274 g/mol. The van der Waals surface area contributed by atoms with Gasteiger partial charge in [-0.1, -0.05) is 18.2 Å². The van der Waals surface area contributed by atoms with E-state index < -0.39 is 5.92 Å². The lowest BCUT2D eigenvalue weighted by Crippen LogP contribution is -2.45. The average Bonchev–Trinajstić information content (AvgIpc) is 2.45. The fourth-order valence-corrected chi connectivity index (χ4v) is 2.11. The maximum Gasteiger partial charge on any atom is 0.237 e. The Balaban J connectivity index is 2.03. The van der Waals surface area contributed by atoms with Crippen LogP contribution in [0.5, 0.6) is 0 Å². The Morgan fingerprint density at radius 3 is 2.85 bits per heavy atom. The second kappa shape index (κ2) is 6.29. The Morgan fingerprint density at radius 2 is 2.10 bits per heavy atom. The monoisotopic (exact) mass is 289 g/mol. The highest BCUT2D eigenvalue weighted by Crippen LogP contribution is 2.24. The van der Waals surface area contributed by atoms with Gasteiger partial charge in [-0.05, 0) is 24.4 Å². The van der Waals surface area contributed by atoms with E-state index in [9.17, 15) is 9.59 Å². The van der Waals surface area contributed by atoms with Crippen molar-refractivity contribution in [1.29, 1.82) is 0 Å². The summed E-state index contributed by atoms with van der Waals surface area (Å²) in [5, 5.41) is 8.87. The lowest BCUT2D eigenvalue weighted by Gasteiger charge is -2.23. The number of rotatable bonds is 4. The lowest BCUT2D eigenvalue weighted by molar-refractivity contribution is -0.118. The molecule has 0 fully saturated rings. The summed E-state index contributed by atoms with van der Waals surface area (Å²) in [6, 6.07) is 6.97. The van der Waals surface area contributed by atoms with Gasteiger partial charge in [-0.25, -0.2) is 0 Å². The molecule has 1 aromatic carbocycles. The molecular formula is C14H15N3O2S. The molecule has 104 valence electrons. The molecule has 1 aliphatic heterocycles. The highest BCUT2D eigenvalue weighted by molar-refractivity contribution is 7.80. The largest absolute Gasteiger partial charge is 0.361 e. The van der Waals surface area contributed by atoms with Crippen molar-refractivity contribution >= 4 is 34.7 Å². The van der Waals surface area contributed by atoms with Crippen LogP contribution in [0.1, 0.15) is 10.4 Å². The molecule has 0 bridgehead atoms. The third-order valence-corrected chi connectivity index (χ3v) is 3.25. The van der Waals surface area contributed by atoms with Crippen molar-refractivity contribution in [1.82, 2.24) is 10.6 Å². The summed E-state index contributed by atoms with van der Waals surface area (Å²) in [5.74, 6) is -1.27. The second-order valence-electron chi connectivity index (χ2n) is 4.33. The number of nitrogens with one attached hydrogen (secondary N) is 3. The van der Waals surface area contributed by atoms with Crippen molar-refractivity contribution < 1.29 is 9.59 Å². The van der Waals surface area contributed by atoms with Gasteiger partial charge in [-0.15, -0.1) is 6.58 Å². The lowest BCUT2D eigenvalue weighted by atomic mass is 9.91. The van der Waals surface area contributed by atoms with Gasteiger partial charge in [0.05, 0.1) is 5.69 Å². The summed E-state index contributed by atoms with van der Waals surface area (Å²) in [7, 11) is 0. The number of para-hydroxylation sites is 1. The van der Waals surface area contributed by atoms with Crippen molar-refractivity contribution in [3.05, 3.63) is 42.5 Å². The number of benzene rings is 1. The molecule has 0 aromatic heterocycles. The Hall–Kier alpha value is -2.21. The van der Waals surface area contributed by atoms with Gasteiger partial charge < -0.3 is 16.0 Å². The first-order chi connectivity index (χ1) is 9.63. The maximum absolute atomic E-state index is 12.3. The zero-order valence-corrected chi connectivity index (χ0v) is 11.6. The van der Waals surface area contributed by atoms with Crippen LogP contribution in [-0.4, -0.2) is 29.9 Å². The topological polar surface area (TPSA) is 70.2 Å². The Kier molecular flexibility index (Phi) is 4.47.